The summed E-state index contributed by atoms with van der Waals surface area (Å²) >= 11 is 0. The van der Waals surface area contributed by atoms with Crippen molar-refractivity contribution in [2.75, 3.05) is 4.90 Å². The van der Waals surface area contributed by atoms with E-state index in [0.29, 0.717) is 11.4 Å². The lowest BCUT2D eigenvalue weighted by Crippen LogP contribution is -2.31. The van der Waals surface area contributed by atoms with E-state index < -0.39 is 23.5 Å². The van der Waals surface area contributed by atoms with Crippen molar-refractivity contribution in [1.29, 1.82) is 0 Å². The second kappa shape index (κ2) is 7.94. The third kappa shape index (κ3) is 3.58. The Hall–Kier alpha value is -3.99. The van der Waals surface area contributed by atoms with Gasteiger partial charge in [0.15, 0.2) is 11.5 Å². The lowest BCUT2D eigenvalue weighted by Gasteiger charge is -2.25. The highest BCUT2D eigenvalue weighted by Crippen LogP contribution is 2.40. The Morgan fingerprint density at radius 1 is 0.931 bits per heavy atom. The van der Waals surface area contributed by atoms with Gasteiger partial charge in [-0.15, -0.1) is 0 Å². The van der Waals surface area contributed by atoms with Crippen LogP contribution in [0.3, 0.4) is 0 Å². The molecule has 0 saturated heterocycles. The molecule has 0 bridgehead atoms. The molecule has 0 aliphatic carbocycles. The molecule has 1 unspecified atom stereocenters. The lowest BCUT2D eigenvalue weighted by atomic mass is 9.95. The summed E-state index contributed by atoms with van der Waals surface area (Å²) in [6.45, 7) is 0. The number of nitrogens with zero attached hydrogens (tertiary/aromatic N) is 2. The lowest BCUT2D eigenvalue weighted by molar-refractivity contribution is -0.117. The number of amides is 1. The van der Waals surface area contributed by atoms with Crippen LogP contribution in [-0.4, -0.2) is 21.8 Å². The molecule has 0 fully saturated rings. The van der Waals surface area contributed by atoms with E-state index in [1.165, 1.54) is 11.0 Å². The van der Waals surface area contributed by atoms with E-state index in [0.717, 1.165) is 5.56 Å². The molecule has 0 spiro atoms. The predicted octanol–water partition coefficient (Wildman–Crippen LogP) is 4.26. The first-order valence-electron chi connectivity index (χ1n) is 9.17. The van der Waals surface area contributed by atoms with Crippen molar-refractivity contribution in [3.05, 3.63) is 114 Å². The van der Waals surface area contributed by atoms with Gasteiger partial charge in [-0.1, -0.05) is 72.8 Å². The number of pyridine rings is 1. The predicted molar refractivity (Wildman–Crippen MR) is 111 cm³/mol. The summed E-state index contributed by atoms with van der Waals surface area (Å²) in [6, 6.07) is 22.9. The Kier molecular flexibility index (Phi) is 5.03. The van der Waals surface area contributed by atoms with Crippen molar-refractivity contribution in [1.82, 2.24) is 4.98 Å². The van der Waals surface area contributed by atoms with E-state index in [4.69, 9.17) is 0 Å². The Labute approximate surface area is 168 Å². The topological polar surface area (TPSA) is 70.5 Å². The number of benzene rings is 2. The zero-order valence-corrected chi connectivity index (χ0v) is 15.5. The van der Waals surface area contributed by atoms with Gasteiger partial charge in [0.1, 0.15) is 5.82 Å². The maximum Gasteiger partial charge on any atom is 0.295 e. The van der Waals surface area contributed by atoms with Crippen molar-refractivity contribution in [3.63, 3.8) is 0 Å². The Morgan fingerprint density at radius 3 is 2.24 bits per heavy atom. The molecule has 29 heavy (non-hydrogen) atoms. The van der Waals surface area contributed by atoms with Crippen molar-refractivity contribution < 1.29 is 14.7 Å². The van der Waals surface area contributed by atoms with Crippen LogP contribution in [-0.2, 0) is 9.59 Å². The minimum Gasteiger partial charge on any atom is -0.503 e. The number of ketones is 1. The van der Waals surface area contributed by atoms with Gasteiger partial charge in [-0.25, -0.2) is 4.98 Å². The van der Waals surface area contributed by atoms with E-state index in [1.807, 2.05) is 60.7 Å². The summed E-state index contributed by atoms with van der Waals surface area (Å²) in [7, 11) is 0. The van der Waals surface area contributed by atoms with Crippen LogP contribution < -0.4 is 4.90 Å². The monoisotopic (exact) mass is 382 g/mol. The SMILES string of the molecule is O=C(C=Cc1ccccc1)C1=C(O)C(=O)N(c2ccccn2)C1c1ccccc1. The first-order chi connectivity index (χ1) is 14.2. The molecule has 1 N–H and O–H groups in total. The van der Waals surface area contributed by atoms with Gasteiger partial charge in [0.25, 0.3) is 5.91 Å². The molecule has 1 aromatic heterocycles. The number of aromatic nitrogens is 1. The standard InChI is InChI=1S/C24H18N2O3/c27-19(15-14-17-9-3-1-4-10-17)21-22(18-11-5-2-6-12-18)26(24(29)23(21)28)20-13-7-8-16-25-20/h1-16,22,28H. The maximum atomic E-state index is 13.0. The molecule has 1 amide bonds. The summed E-state index contributed by atoms with van der Waals surface area (Å²) in [6.07, 6.45) is 4.61. The molecule has 1 aliphatic heterocycles. The minimum absolute atomic E-state index is 0.0408. The molecule has 0 radical (unpaired) electrons. The van der Waals surface area contributed by atoms with E-state index >= 15 is 0 Å². The van der Waals surface area contributed by atoms with Gasteiger partial charge >= 0.3 is 0 Å². The fourth-order valence-corrected chi connectivity index (χ4v) is 3.37. The third-order valence-corrected chi connectivity index (χ3v) is 4.71. The van der Waals surface area contributed by atoms with Gasteiger partial charge in [-0.3, -0.25) is 14.5 Å². The molecule has 3 aromatic rings. The van der Waals surface area contributed by atoms with Gasteiger partial charge in [-0.05, 0) is 29.3 Å². The van der Waals surface area contributed by atoms with Crippen LogP contribution in [0.2, 0.25) is 0 Å². The molecule has 142 valence electrons. The van der Waals surface area contributed by atoms with E-state index in [1.54, 1.807) is 30.5 Å². The number of allylic oxidation sites excluding steroid dienone is 1. The minimum atomic E-state index is -0.758. The number of aliphatic hydroxyl groups excluding tert-OH is 1. The first-order valence-corrected chi connectivity index (χ1v) is 9.17. The van der Waals surface area contributed by atoms with Gasteiger partial charge in [-0.2, -0.15) is 0 Å². The summed E-state index contributed by atoms with van der Waals surface area (Å²) in [4.78, 5) is 31.5. The van der Waals surface area contributed by atoms with Crippen molar-refractivity contribution in [3.8, 4) is 0 Å². The summed E-state index contributed by atoms with van der Waals surface area (Å²) in [5, 5.41) is 10.6. The average molecular weight is 382 g/mol. The van der Waals surface area contributed by atoms with Crippen molar-refractivity contribution in [2.24, 2.45) is 0 Å². The molecule has 1 atom stereocenters. The second-order valence-electron chi connectivity index (χ2n) is 6.55. The number of carbonyl (C=O) groups excluding carboxylic acids is 2. The number of anilines is 1. The van der Waals surface area contributed by atoms with Crippen LogP contribution in [0.25, 0.3) is 6.08 Å². The number of carbonyl (C=O) groups is 2. The fourth-order valence-electron chi connectivity index (χ4n) is 3.37. The van der Waals surface area contributed by atoms with Crippen molar-refractivity contribution in [2.45, 2.75) is 6.04 Å². The molecular formula is C24H18N2O3. The average Bonchev–Trinajstić information content (AvgIpc) is 3.05. The van der Waals surface area contributed by atoms with Crippen LogP contribution in [0, 0.1) is 0 Å². The van der Waals surface area contributed by atoms with Gasteiger partial charge in [0.2, 0.25) is 0 Å². The molecule has 5 nitrogen and oxygen atoms in total. The second-order valence-corrected chi connectivity index (χ2v) is 6.55. The highest BCUT2D eigenvalue weighted by molar-refractivity contribution is 6.19. The number of hydrogen-bond acceptors (Lipinski definition) is 4. The molecule has 0 saturated carbocycles. The van der Waals surface area contributed by atoms with E-state index in [9.17, 15) is 14.7 Å². The Morgan fingerprint density at radius 2 is 1.59 bits per heavy atom. The zero-order valence-electron chi connectivity index (χ0n) is 15.5. The van der Waals surface area contributed by atoms with E-state index in [-0.39, 0.29) is 5.57 Å². The fraction of sp³-hybridized carbons (Fsp3) is 0.0417. The Balaban J connectivity index is 1.77. The van der Waals surface area contributed by atoms with Gasteiger partial charge in [0.05, 0.1) is 11.6 Å². The molecule has 4 rings (SSSR count). The van der Waals surface area contributed by atoms with Crippen molar-refractivity contribution >= 4 is 23.6 Å². The highest BCUT2D eigenvalue weighted by atomic mass is 16.3. The first kappa shape index (κ1) is 18.4. The summed E-state index contributed by atoms with van der Waals surface area (Å²) in [5.74, 6) is -1.25. The van der Waals surface area contributed by atoms with E-state index in [2.05, 4.69) is 4.98 Å². The number of rotatable bonds is 5. The highest BCUT2D eigenvalue weighted by Gasteiger charge is 2.44. The molecule has 2 heterocycles. The Bertz CT molecular complexity index is 1090. The smallest absolute Gasteiger partial charge is 0.295 e. The largest absolute Gasteiger partial charge is 0.503 e. The van der Waals surface area contributed by atoms with Crippen LogP contribution in [0.4, 0.5) is 5.82 Å². The normalized spacial score (nSPS) is 16.6. The summed E-state index contributed by atoms with van der Waals surface area (Å²) < 4.78 is 0. The van der Waals surface area contributed by atoms with Crippen LogP contribution >= 0.6 is 0 Å². The van der Waals surface area contributed by atoms with Crippen LogP contribution in [0.15, 0.2) is 102 Å². The van der Waals surface area contributed by atoms with Gasteiger partial charge < -0.3 is 5.11 Å². The molecule has 1 aliphatic rings. The number of hydrogen-bond donors (Lipinski definition) is 1. The van der Waals surface area contributed by atoms with Crippen LogP contribution in [0.5, 0.6) is 0 Å². The summed E-state index contributed by atoms with van der Waals surface area (Å²) in [5.41, 5.74) is 1.61. The molecular weight excluding hydrogens is 364 g/mol. The maximum absolute atomic E-state index is 13.0. The zero-order chi connectivity index (χ0) is 20.2. The third-order valence-electron chi connectivity index (χ3n) is 4.71. The number of aliphatic hydroxyl groups is 1. The van der Waals surface area contributed by atoms with Crippen LogP contribution in [0.1, 0.15) is 17.2 Å². The van der Waals surface area contributed by atoms with Gasteiger partial charge in [0, 0.05) is 6.20 Å². The quantitative estimate of drug-likeness (QED) is 0.669. The molecule has 2 aromatic carbocycles. The molecule has 5 heteroatoms.